The number of rotatable bonds is 6. The zero-order valence-corrected chi connectivity index (χ0v) is 15.5. The number of thioether (sulfide) groups is 1. The highest BCUT2D eigenvalue weighted by molar-refractivity contribution is 8.01. The number of likely N-dealkylation sites (tertiary alicyclic amines) is 1. The third-order valence-corrected chi connectivity index (χ3v) is 5.89. The Kier molecular flexibility index (Phi) is 6.83. The minimum Gasteiger partial charge on any atom is -0.337 e. The first-order chi connectivity index (χ1) is 11.0. The molecule has 6 nitrogen and oxygen atoms in total. The first-order valence-corrected chi connectivity index (χ1v) is 9.88. The van der Waals surface area contributed by atoms with Crippen LogP contribution in [0.25, 0.3) is 0 Å². The van der Waals surface area contributed by atoms with Gasteiger partial charge in [-0.15, -0.1) is 10.2 Å². The molecule has 128 valence electrons. The number of nitrogens with one attached hydrogen (secondary N) is 1. The Labute approximate surface area is 145 Å². The standard InChI is InChI=1S/C15H24N4O2S2/c1-4-6-12(20)16-14-17-18-15(23-14)22-9-13(21)19-10(2)7-5-8-11(19)3/h10-11H,4-9H2,1-3H3,(H,16,17,20)/t10-,11-/m0/s1. The monoisotopic (exact) mass is 356 g/mol. The van der Waals surface area contributed by atoms with E-state index in [1.165, 1.54) is 29.5 Å². The summed E-state index contributed by atoms with van der Waals surface area (Å²) in [6.07, 6.45) is 4.62. The van der Waals surface area contributed by atoms with Crippen molar-refractivity contribution in [3.05, 3.63) is 0 Å². The molecule has 0 saturated carbocycles. The number of aromatic nitrogens is 2. The maximum absolute atomic E-state index is 12.5. The van der Waals surface area contributed by atoms with Crippen molar-refractivity contribution >= 4 is 40.0 Å². The third kappa shape index (κ3) is 5.17. The zero-order chi connectivity index (χ0) is 16.8. The fourth-order valence-corrected chi connectivity index (χ4v) is 4.48. The highest BCUT2D eigenvalue weighted by Crippen LogP contribution is 2.28. The number of anilines is 1. The van der Waals surface area contributed by atoms with Gasteiger partial charge in [0.25, 0.3) is 0 Å². The molecule has 0 aromatic carbocycles. The lowest BCUT2D eigenvalue weighted by atomic mass is 9.98. The minimum absolute atomic E-state index is 0.0488. The molecular formula is C15H24N4O2S2. The largest absolute Gasteiger partial charge is 0.337 e. The lowest BCUT2D eigenvalue weighted by Crippen LogP contribution is -2.48. The Morgan fingerprint density at radius 3 is 2.65 bits per heavy atom. The summed E-state index contributed by atoms with van der Waals surface area (Å²) in [5, 5.41) is 11.2. The second kappa shape index (κ2) is 8.63. The number of carbonyl (C=O) groups excluding carboxylic acids is 2. The maximum atomic E-state index is 12.5. The van der Waals surface area contributed by atoms with Gasteiger partial charge in [-0.05, 0) is 39.5 Å². The molecule has 1 aromatic heterocycles. The summed E-state index contributed by atoms with van der Waals surface area (Å²) >= 11 is 2.71. The lowest BCUT2D eigenvalue weighted by Gasteiger charge is -2.39. The molecule has 2 atom stereocenters. The molecule has 0 unspecified atom stereocenters. The smallest absolute Gasteiger partial charge is 0.233 e. The van der Waals surface area contributed by atoms with Crippen LogP contribution in [-0.4, -0.2) is 44.7 Å². The summed E-state index contributed by atoms with van der Waals surface area (Å²) in [6, 6.07) is 0.621. The number of carbonyl (C=O) groups is 2. The van der Waals surface area contributed by atoms with E-state index in [1.54, 1.807) is 0 Å². The van der Waals surface area contributed by atoms with E-state index >= 15 is 0 Å². The van der Waals surface area contributed by atoms with Gasteiger partial charge in [0.1, 0.15) is 0 Å². The molecule has 1 aliphatic rings. The average molecular weight is 357 g/mol. The molecular weight excluding hydrogens is 332 g/mol. The van der Waals surface area contributed by atoms with Gasteiger partial charge in [-0.25, -0.2) is 0 Å². The van der Waals surface area contributed by atoms with Crippen molar-refractivity contribution in [3.63, 3.8) is 0 Å². The van der Waals surface area contributed by atoms with E-state index in [-0.39, 0.29) is 11.8 Å². The number of nitrogens with zero attached hydrogens (tertiary/aromatic N) is 3. The Morgan fingerprint density at radius 1 is 1.30 bits per heavy atom. The Morgan fingerprint density at radius 2 is 2.00 bits per heavy atom. The predicted molar refractivity (Wildman–Crippen MR) is 93.8 cm³/mol. The second-order valence-corrected chi connectivity index (χ2v) is 8.09. The van der Waals surface area contributed by atoms with Crippen LogP contribution in [0, 0.1) is 0 Å². The van der Waals surface area contributed by atoms with Gasteiger partial charge in [0.05, 0.1) is 5.75 Å². The summed E-state index contributed by atoms with van der Waals surface area (Å²) in [7, 11) is 0. The summed E-state index contributed by atoms with van der Waals surface area (Å²) in [5.41, 5.74) is 0. The van der Waals surface area contributed by atoms with E-state index in [9.17, 15) is 9.59 Å². The molecule has 8 heteroatoms. The fraction of sp³-hybridized carbons (Fsp3) is 0.733. The molecule has 2 rings (SSSR count). The molecule has 0 aliphatic carbocycles. The van der Waals surface area contributed by atoms with Gasteiger partial charge in [-0.1, -0.05) is 30.0 Å². The lowest BCUT2D eigenvalue weighted by molar-refractivity contribution is -0.134. The van der Waals surface area contributed by atoms with Crippen LogP contribution >= 0.6 is 23.1 Å². The molecule has 1 aliphatic heterocycles. The van der Waals surface area contributed by atoms with E-state index in [2.05, 4.69) is 29.4 Å². The van der Waals surface area contributed by atoms with Crippen LogP contribution in [0.1, 0.15) is 52.9 Å². The van der Waals surface area contributed by atoms with E-state index in [0.717, 1.165) is 19.3 Å². The van der Waals surface area contributed by atoms with Gasteiger partial charge in [0.2, 0.25) is 16.9 Å². The van der Waals surface area contributed by atoms with Crippen molar-refractivity contribution in [1.82, 2.24) is 15.1 Å². The Bertz CT molecular complexity index is 539. The molecule has 1 saturated heterocycles. The van der Waals surface area contributed by atoms with Crippen molar-refractivity contribution in [3.8, 4) is 0 Å². The molecule has 1 aromatic rings. The van der Waals surface area contributed by atoms with E-state index in [4.69, 9.17) is 0 Å². The van der Waals surface area contributed by atoms with Crippen LogP contribution in [0.4, 0.5) is 5.13 Å². The SMILES string of the molecule is CCCC(=O)Nc1nnc(SCC(=O)N2[C@@H](C)CCC[C@@H]2C)s1. The topological polar surface area (TPSA) is 75.2 Å². The molecule has 1 fully saturated rings. The number of piperidine rings is 1. The highest BCUT2D eigenvalue weighted by Gasteiger charge is 2.28. The van der Waals surface area contributed by atoms with Crippen LogP contribution in [0.5, 0.6) is 0 Å². The molecule has 0 radical (unpaired) electrons. The zero-order valence-electron chi connectivity index (χ0n) is 13.9. The fourth-order valence-electron chi connectivity index (χ4n) is 2.84. The van der Waals surface area contributed by atoms with Gasteiger partial charge in [-0.2, -0.15) is 0 Å². The molecule has 2 heterocycles. The molecule has 0 bridgehead atoms. The van der Waals surface area contributed by atoms with Crippen molar-refractivity contribution in [2.24, 2.45) is 0 Å². The van der Waals surface area contributed by atoms with Crippen LogP contribution < -0.4 is 5.32 Å². The van der Waals surface area contributed by atoms with Crippen LogP contribution in [0.15, 0.2) is 4.34 Å². The van der Waals surface area contributed by atoms with E-state index < -0.39 is 0 Å². The maximum Gasteiger partial charge on any atom is 0.233 e. The van der Waals surface area contributed by atoms with Gasteiger partial charge < -0.3 is 10.2 Å². The van der Waals surface area contributed by atoms with Gasteiger partial charge in [0.15, 0.2) is 4.34 Å². The van der Waals surface area contributed by atoms with Crippen LogP contribution in [0.2, 0.25) is 0 Å². The number of hydrogen-bond donors (Lipinski definition) is 1. The molecule has 1 N–H and O–H groups in total. The van der Waals surface area contributed by atoms with Gasteiger partial charge >= 0.3 is 0 Å². The van der Waals surface area contributed by atoms with E-state index in [1.807, 2.05) is 11.8 Å². The van der Waals surface area contributed by atoms with Gasteiger partial charge in [-0.3, -0.25) is 9.59 Å². The van der Waals surface area contributed by atoms with Crippen LogP contribution in [-0.2, 0) is 9.59 Å². The molecule has 0 spiro atoms. The van der Waals surface area contributed by atoms with Gasteiger partial charge in [0, 0.05) is 18.5 Å². The van der Waals surface area contributed by atoms with Crippen LogP contribution in [0.3, 0.4) is 0 Å². The first-order valence-electron chi connectivity index (χ1n) is 8.08. The summed E-state index contributed by atoms with van der Waals surface area (Å²) in [5.74, 6) is 0.473. The third-order valence-electron chi connectivity index (χ3n) is 3.93. The summed E-state index contributed by atoms with van der Waals surface area (Å²) in [6.45, 7) is 6.18. The number of amides is 2. The highest BCUT2D eigenvalue weighted by atomic mass is 32.2. The second-order valence-electron chi connectivity index (χ2n) is 5.89. The minimum atomic E-state index is -0.0488. The summed E-state index contributed by atoms with van der Waals surface area (Å²) < 4.78 is 0.711. The molecule has 2 amide bonds. The van der Waals surface area contributed by atoms with Crippen molar-refractivity contribution in [1.29, 1.82) is 0 Å². The van der Waals surface area contributed by atoms with E-state index in [0.29, 0.717) is 33.7 Å². The quantitative estimate of drug-likeness (QED) is 0.626. The van der Waals surface area contributed by atoms with Crippen molar-refractivity contribution in [2.45, 2.75) is 69.3 Å². The molecule has 23 heavy (non-hydrogen) atoms. The predicted octanol–water partition coefficient (Wildman–Crippen LogP) is 3.16. The number of hydrogen-bond acceptors (Lipinski definition) is 6. The normalized spacial score (nSPS) is 21.3. The average Bonchev–Trinajstić information content (AvgIpc) is 2.92. The summed E-state index contributed by atoms with van der Waals surface area (Å²) in [4.78, 5) is 26.0. The van der Waals surface area contributed by atoms with Crippen molar-refractivity contribution in [2.75, 3.05) is 11.1 Å². The Hall–Kier alpha value is -1.15. The van der Waals surface area contributed by atoms with Crippen molar-refractivity contribution < 1.29 is 9.59 Å². The Balaban J connectivity index is 1.84. The first kappa shape index (κ1) is 18.2.